The molecule has 3 aromatic rings. The van der Waals surface area contributed by atoms with E-state index in [1.54, 1.807) is 12.3 Å². The maximum atomic E-state index is 14.7. The number of benzene rings is 2. The third-order valence-corrected chi connectivity index (χ3v) is 5.87. The SMILES string of the molecule is CCC(=O)c1ccc(Cn2cc(C(=O)NC3CCOC(C)C3)c3c(F)cccc32)cc1. The third-order valence-electron chi connectivity index (χ3n) is 5.87. The molecule has 1 saturated heterocycles. The number of halogens is 1. The molecule has 2 atom stereocenters. The van der Waals surface area contributed by atoms with Crippen molar-refractivity contribution in [3.05, 3.63) is 71.2 Å². The fraction of sp³-hybridized carbons (Fsp3) is 0.360. The Morgan fingerprint density at radius 3 is 2.68 bits per heavy atom. The topological polar surface area (TPSA) is 60.3 Å². The summed E-state index contributed by atoms with van der Waals surface area (Å²) in [6, 6.07) is 12.3. The highest BCUT2D eigenvalue weighted by molar-refractivity contribution is 6.07. The molecule has 162 valence electrons. The minimum Gasteiger partial charge on any atom is -0.378 e. The Labute approximate surface area is 181 Å². The molecule has 1 aromatic heterocycles. The molecule has 1 aliphatic heterocycles. The molecule has 1 fully saturated rings. The zero-order valence-electron chi connectivity index (χ0n) is 17.9. The van der Waals surface area contributed by atoms with E-state index in [2.05, 4.69) is 5.32 Å². The quantitative estimate of drug-likeness (QED) is 0.585. The summed E-state index contributed by atoms with van der Waals surface area (Å²) in [4.78, 5) is 24.9. The Morgan fingerprint density at radius 1 is 1.19 bits per heavy atom. The lowest BCUT2D eigenvalue weighted by atomic mass is 10.0. The van der Waals surface area contributed by atoms with E-state index >= 15 is 0 Å². The van der Waals surface area contributed by atoms with Crippen molar-refractivity contribution in [2.24, 2.45) is 0 Å². The number of ketones is 1. The lowest BCUT2D eigenvalue weighted by molar-refractivity contribution is 0.0137. The van der Waals surface area contributed by atoms with E-state index in [-0.39, 0.29) is 23.8 Å². The lowest BCUT2D eigenvalue weighted by Crippen LogP contribution is -2.41. The summed E-state index contributed by atoms with van der Waals surface area (Å²) in [5, 5.41) is 3.38. The minimum atomic E-state index is -0.411. The van der Waals surface area contributed by atoms with Crippen LogP contribution < -0.4 is 5.32 Å². The molecule has 0 aliphatic carbocycles. The van der Waals surface area contributed by atoms with Gasteiger partial charge >= 0.3 is 0 Å². The Hall–Kier alpha value is -2.99. The standard InChI is InChI=1S/C25H27FN2O3/c1-3-23(29)18-9-7-17(8-10-18)14-28-15-20(24-21(26)5-4-6-22(24)28)25(30)27-19-11-12-31-16(2)13-19/h4-10,15-16,19H,3,11-14H2,1-2H3,(H,27,30). The van der Waals surface area contributed by atoms with Crippen LogP contribution in [0.15, 0.2) is 48.7 Å². The van der Waals surface area contributed by atoms with Crippen LogP contribution in [0.25, 0.3) is 10.9 Å². The second-order valence-corrected chi connectivity index (χ2v) is 8.15. The van der Waals surface area contributed by atoms with Gasteiger partial charge in [0.1, 0.15) is 5.82 Å². The molecular weight excluding hydrogens is 395 g/mol. The van der Waals surface area contributed by atoms with Crippen LogP contribution in [-0.4, -0.2) is 35.0 Å². The molecule has 0 saturated carbocycles. The van der Waals surface area contributed by atoms with E-state index in [1.165, 1.54) is 6.07 Å². The van der Waals surface area contributed by atoms with Crippen LogP contribution in [0.4, 0.5) is 4.39 Å². The van der Waals surface area contributed by atoms with Gasteiger partial charge in [-0.05, 0) is 37.5 Å². The van der Waals surface area contributed by atoms with Gasteiger partial charge in [0.05, 0.1) is 17.2 Å². The second kappa shape index (κ2) is 9.02. The van der Waals surface area contributed by atoms with E-state index in [4.69, 9.17) is 4.74 Å². The van der Waals surface area contributed by atoms with Crippen molar-refractivity contribution in [2.75, 3.05) is 6.61 Å². The molecule has 5 nitrogen and oxygen atoms in total. The summed E-state index contributed by atoms with van der Waals surface area (Å²) < 4.78 is 22.2. The number of Topliss-reactive ketones (excluding diaryl/α,β-unsaturated/α-hetero) is 1. The predicted octanol–water partition coefficient (Wildman–Crippen LogP) is 4.72. The lowest BCUT2D eigenvalue weighted by Gasteiger charge is -2.27. The zero-order chi connectivity index (χ0) is 22.0. The highest BCUT2D eigenvalue weighted by Crippen LogP contribution is 2.26. The molecule has 0 spiro atoms. The average molecular weight is 423 g/mol. The number of nitrogens with zero attached hydrogens (tertiary/aromatic N) is 1. The van der Waals surface area contributed by atoms with Crippen LogP contribution in [-0.2, 0) is 11.3 Å². The van der Waals surface area contributed by atoms with Crippen LogP contribution >= 0.6 is 0 Å². The number of carbonyl (C=O) groups is 2. The van der Waals surface area contributed by atoms with Crippen molar-refractivity contribution in [1.82, 2.24) is 9.88 Å². The normalized spacial score (nSPS) is 18.8. The maximum Gasteiger partial charge on any atom is 0.253 e. The van der Waals surface area contributed by atoms with Gasteiger partial charge in [0.2, 0.25) is 0 Å². The summed E-state index contributed by atoms with van der Waals surface area (Å²) in [6.45, 7) is 4.91. The average Bonchev–Trinajstić information content (AvgIpc) is 3.13. The van der Waals surface area contributed by atoms with E-state index in [9.17, 15) is 14.0 Å². The van der Waals surface area contributed by atoms with E-state index in [1.807, 2.05) is 48.7 Å². The van der Waals surface area contributed by atoms with Crippen molar-refractivity contribution in [3.8, 4) is 0 Å². The first-order valence-electron chi connectivity index (χ1n) is 10.8. The Balaban J connectivity index is 1.62. The first kappa shape index (κ1) is 21.2. The molecule has 31 heavy (non-hydrogen) atoms. The van der Waals surface area contributed by atoms with Gasteiger partial charge in [-0.15, -0.1) is 0 Å². The van der Waals surface area contributed by atoms with Crippen LogP contribution in [0, 0.1) is 5.82 Å². The largest absolute Gasteiger partial charge is 0.378 e. The smallest absolute Gasteiger partial charge is 0.253 e. The molecule has 2 heterocycles. The maximum absolute atomic E-state index is 14.7. The van der Waals surface area contributed by atoms with Crippen molar-refractivity contribution < 1.29 is 18.7 Å². The van der Waals surface area contributed by atoms with Gasteiger partial charge in [0.25, 0.3) is 5.91 Å². The van der Waals surface area contributed by atoms with Crippen LogP contribution in [0.5, 0.6) is 0 Å². The molecule has 4 rings (SSSR count). The van der Waals surface area contributed by atoms with Gasteiger partial charge in [-0.1, -0.05) is 37.3 Å². The van der Waals surface area contributed by atoms with Gasteiger partial charge < -0.3 is 14.6 Å². The molecule has 2 aromatic carbocycles. The monoisotopic (exact) mass is 422 g/mol. The molecular formula is C25H27FN2O3. The Morgan fingerprint density at radius 2 is 1.97 bits per heavy atom. The highest BCUT2D eigenvalue weighted by atomic mass is 19.1. The number of aromatic nitrogens is 1. The minimum absolute atomic E-state index is 0.0186. The third kappa shape index (κ3) is 4.54. The van der Waals surface area contributed by atoms with Crippen molar-refractivity contribution in [1.29, 1.82) is 0 Å². The molecule has 1 aliphatic rings. The van der Waals surface area contributed by atoms with Gasteiger partial charge in [-0.25, -0.2) is 4.39 Å². The molecule has 1 N–H and O–H groups in total. The number of nitrogens with one attached hydrogen (secondary N) is 1. The van der Waals surface area contributed by atoms with Crippen LogP contribution in [0.2, 0.25) is 0 Å². The van der Waals surface area contributed by atoms with Crippen molar-refractivity contribution in [3.63, 3.8) is 0 Å². The van der Waals surface area contributed by atoms with Crippen molar-refractivity contribution >= 4 is 22.6 Å². The van der Waals surface area contributed by atoms with E-state index < -0.39 is 5.82 Å². The number of hydrogen-bond acceptors (Lipinski definition) is 3. The zero-order valence-corrected chi connectivity index (χ0v) is 17.9. The first-order valence-corrected chi connectivity index (χ1v) is 10.8. The van der Waals surface area contributed by atoms with Gasteiger partial charge in [-0.3, -0.25) is 9.59 Å². The van der Waals surface area contributed by atoms with Gasteiger partial charge in [0, 0.05) is 42.8 Å². The van der Waals surface area contributed by atoms with Gasteiger partial charge in [0.15, 0.2) is 5.78 Å². The summed E-state index contributed by atoms with van der Waals surface area (Å²) in [5.74, 6) is -0.580. The first-order chi connectivity index (χ1) is 15.0. The molecule has 1 amide bonds. The van der Waals surface area contributed by atoms with E-state index in [0.717, 1.165) is 18.4 Å². The summed E-state index contributed by atoms with van der Waals surface area (Å²) in [7, 11) is 0. The van der Waals surface area contributed by atoms with Crippen molar-refractivity contribution in [2.45, 2.75) is 51.8 Å². The Kier molecular flexibility index (Phi) is 6.18. The second-order valence-electron chi connectivity index (χ2n) is 8.15. The number of rotatable bonds is 6. The number of ether oxygens (including phenoxy) is 1. The highest BCUT2D eigenvalue weighted by Gasteiger charge is 2.24. The number of fused-ring (bicyclic) bond motifs is 1. The fourth-order valence-corrected chi connectivity index (χ4v) is 4.20. The summed E-state index contributed by atoms with van der Waals surface area (Å²) in [5.41, 5.74) is 2.66. The molecule has 0 bridgehead atoms. The number of carbonyl (C=O) groups excluding carboxylic acids is 2. The predicted molar refractivity (Wildman–Crippen MR) is 118 cm³/mol. The molecule has 6 heteroatoms. The number of hydrogen-bond donors (Lipinski definition) is 1. The van der Waals surface area contributed by atoms with Gasteiger partial charge in [-0.2, -0.15) is 0 Å². The summed E-state index contributed by atoms with van der Waals surface area (Å²) >= 11 is 0. The number of amides is 1. The molecule has 0 radical (unpaired) electrons. The van der Waals surface area contributed by atoms with Crippen LogP contribution in [0.3, 0.4) is 0 Å². The van der Waals surface area contributed by atoms with Crippen LogP contribution in [0.1, 0.15) is 59.4 Å². The molecule has 2 unspecified atom stereocenters. The van der Waals surface area contributed by atoms with E-state index in [0.29, 0.717) is 41.6 Å². The fourth-order valence-electron chi connectivity index (χ4n) is 4.20. The summed E-state index contributed by atoms with van der Waals surface area (Å²) in [6.07, 6.45) is 3.78. The Bertz CT molecular complexity index is 1100.